The Morgan fingerprint density at radius 3 is 3.00 bits per heavy atom. The van der Waals surface area contributed by atoms with E-state index in [-0.39, 0.29) is 11.9 Å². The fraction of sp³-hybridized carbons (Fsp3) is 0.571. The summed E-state index contributed by atoms with van der Waals surface area (Å²) in [5, 5.41) is 6.77. The lowest BCUT2D eigenvalue weighted by Crippen LogP contribution is -2.37. The zero-order chi connectivity index (χ0) is 13.0. The summed E-state index contributed by atoms with van der Waals surface area (Å²) in [5.74, 6) is -0.201. The Morgan fingerprint density at radius 2 is 2.33 bits per heavy atom. The molecule has 1 aromatic rings. The minimum absolute atomic E-state index is 0.201. The Hall–Kier alpha value is -0.610. The highest BCUT2D eigenvalue weighted by molar-refractivity contribution is 9.10. The summed E-state index contributed by atoms with van der Waals surface area (Å²) in [6.45, 7) is 3.22. The van der Waals surface area contributed by atoms with Crippen molar-refractivity contribution < 1.29 is 4.39 Å². The lowest BCUT2D eigenvalue weighted by Gasteiger charge is -2.27. The summed E-state index contributed by atoms with van der Waals surface area (Å²) in [7, 11) is 0. The van der Waals surface area contributed by atoms with E-state index >= 15 is 0 Å². The van der Waals surface area contributed by atoms with Gasteiger partial charge in [0, 0.05) is 16.6 Å². The molecule has 1 fully saturated rings. The number of hydrogen-bond donors (Lipinski definition) is 2. The Labute approximate surface area is 116 Å². The third-order valence-corrected chi connectivity index (χ3v) is 3.88. The third-order valence-electron chi connectivity index (χ3n) is 3.38. The number of hydrogen-bond acceptors (Lipinski definition) is 2. The van der Waals surface area contributed by atoms with Gasteiger partial charge in [0.2, 0.25) is 0 Å². The van der Waals surface area contributed by atoms with Crippen molar-refractivity contribution in [2.45, 2.75) is 44.7 Å². The first-order valence-corrected chi connectivity index (χ1v) is 7.39. The maximum absolute atomic E-state index is 13.7. The molecule has 4 heteroatoms. The van der Waals surface area contributed by atoms with E-state index < -0.39 is 0 Å². The second-order valence-corrected chi connectivity index (χ2v) is 5.97. The van der Waals surface area contributed by atoms with Crippen LogP contribution in [0, 0.1) is 5.82 Å². The van der Waals surface area contributed by atoms with Crippen LogP contribution in [0.5, 0.6) is 0 Å². The van der Waals surface area contributed by atoms with Gasteiger partial charge in [-0.3, -0.25) is 0 Å². The van der Waals surface area contributed by atoms with Crippen LogP contribution >= 0.6 is 15.9 Å². The number of piperidine rings is 1. The fourth-order valence-electron chi connectivity index (χ4n) is 2.48. The lowest BCUT2D eigenvalue weighted by molar-refractivity contribution is 0.371. The van der Waals surface area contributed by atoms with E-state index in [9.17, 15) is 4.39 Å². The van der Waals surface area contributed by atoms with Crippen LogP contribution in [-0.2, 0) is 0 Å². The lowest BCUT2D eigenvalue weighted by atomic mass is 9.98. The highest BCUT2D eigenvalue weighted by Crippen LogP contribution is 2.21. The Bertz CT molecular complexity index is 391. The van der Waals surface area contributed by atoms with Crippen LogP contribution in [0.3, 0.4) is 0 Å². The van der Waals surface area contributed by atoms with Crippen molar-refractivity contribution in [3.8, 4) is 0 Å². The Kier molecular flexibility index (Phi) is 5.01. The van der Waals surface area contributed by atoms with Crippen molar-refractivity contribution in [2.75, 3.05) is 11.9 Å². The van der Waals surface area contributed by atoms with E-state index in [0.29, 0.717) is 11.7 Å². The summed E-state index contributed by atoms with van der Waals surface area (Å²) in [6, 6.07) is 5.98. The van der Waals surface area contributed by atoms with Crippen molar-refractivity contribution in [1.82, 2.24) is 5.32 Å². The van der Waals surface area contributed by atoms with E-state index in [1.54, 1.807) is 6.07 Å². The molecule has 0 radical (unpaired) electrons. The predicted octanol–water partition coefficient (Wildman–Crippen LogP) is 3.92. The van der Waals surface area contributed by atoms with Gasteiger partial charge in [-0.05, 0) is 50.9 Å². The number of benzene rings is 1. The molecule has 2 atom stereocenters. The third kappa shape index (κ3) is 3.95. The van der Waals surface area contributed by atoms with Gasteiger partial charge >= 0.3 is 0 Å². The van der Waals surface area contributed by atoms with Crippen molar-refractivity contribution in [3.63, 3.8) is 0 Å². The highest BCUT2D eigenvalue weighted by Gasteiger charge is 2.16. The van der Waals surface area contributed by atoms with Crippen LogP contribution < -0.4 is 10.6 Å². The standard InChI is InChI=1S/C14H20BrFN2/c1-10(8-12-4-2-3-7-17-12)18-14-6-5-11(15)9-13(14)16/h5-6,9-10,12,17-18H,2-4,7-8H2,1H3. The molecule has 18 heavy (non-hydrogen) atoms. The van der Waals surface area contributed by atoms with E-state index in [2.05, 4.69) is 33.5 Å². The first-order chi connectivity index (χ1) is 8.65. The van der Waals surface area contributed by atoms with Crippen LogP contribution in [-0.4, -0.2) is 18.6 Å². The van der Waals surface area contributed by atoms with Crippen molar-refractivity contribution in [2.24, 2.45) is 0 Å². The van der Waals surface area contributed by atoms with Crippen LogP contribution in [0.1, 0.15) is 32.6 Å². The first kappa shape index (κ1) is 13.8. The van der Waals surface area contributed by atoms with Crippen LogP contribution in [0.2, 0.25) is 0 Å². The molecule has 2 rings (SSSR count). The van der Waals surface area contributed by atoms with Gasteiger partial charge in [0.1, 0.15) is 5.82 Å². The average molecular weight is 315 g/mol. The summed E-state index contributed by atoms with van der Waals surface area (Å²) in [5.41, 5.74) is 0.585. The molecule has 0 aromatic heterocycles. The molecule has 0 aliphatic carbocycles. The summed E-state index contributed by atoms with van der Waals surface area (Å²) in [6.07, 6.45) is 4.85. The zero-order valence-corrected chi connectivity index (χ0v) is 12.3. The summed E-state index contributed by atoms with van der Waals surface area (Å²) in [4.78, 5) is 0. The van der Waals surface area contributed by atoms with Gasteiger partial charge in [0.05, 0.1) is 5.69 Å². The van der Waals surface area contributed by atoms with Gasteiger partial charge in [0.25, 0.3) is 0 Å². The average Bonchev–Trinajstić information content (AvgIpc) is 2.34. The number of rotatable bonds is 4. The molecule has 1 aliphatic rings. The molecule has 0 amide bonds. The molecule has 1 saturated heterocycles. The number of halogens is 2. The first-order valence-electron chi connectivity index (χ1n) is 6.60. The Morgan fingerprint density at radius 1 is 1.50 bits per heavy atom. The largest absolute Gasteiger partial charge is 0.380 e. The van der Waals surface area contributed by atoms with Gasteiger partial charge in [-0.25, -0.2) is 4.39 Å². The van der Waals surface area contributed by atoms with Gasteiger partial charge in [-0.2, -0.15) is 0 Å². The van der Waals surface area contributed by atoms with Crippen molar-refractivity contribution in [3.05, 3.63) is 28.5 Å². The SMILES string of the molecule is CC(CC1CCCCN1)Nc1ccc(Br)cc1F. The van der Waals surface area contributed by atoms with Crippen LogP contribution in [0.15, 0.2) is 22.7 Å². The zero-order valence-electron chi connectivity index (χ0n) is 10.7. The van der Waals surface area contributed by atoms with E-state index in [4.69, 9.17) is 0 Å². The molecular weight excluding hydrogens is 295 g/mol. The van der Waals surface area contributed by atoms with E-state index in [1.165, 1.54) is 25.3 Å². The monoisotopic (exact) mass is 314 g/mol. The molecule has 2 unspecified atom stereocenters. The van der Waals surface area contributed by atoms with Gasteiger partial charge in [-0.15, -0.1) is 0 Å². The molecule has 0 bridgehead atoms. The van der Waals surface area contributed by atoms with Crippen molar-refractivity contribution >= 4 is 21.6 Å². The number of nitrogens with one attached hydrogen (secondary N) is 2. The van der Waals surface area contributed by atoms with Gasteiger partial charge < -0.3 is 10.6 Å². The molecule has 0 saturated carbocycles. The minimum Gasteiger partial charge on any atom is -0.380 e. The number of anilines is 1. The quantitative estimate of drug-likeness (QED) is 0.880. The second-order valence-electron chi connectivity index (χ2n) is 5.05. The molecule has 0 spiro atoms. The van der Waals surface area contributed by atoms with Crippen LogP contribution in [0.25, 0.3) is 0 Å². The smallest absolute Gasteiger partial charge is 0.147 e. The molecule has 1 heterocycles. The van der Waals surface area contributed by atoms with Crippen molar-refractivity contribution in [1.29, 1.82) is 0 Å². The second kappa shape index (κ2) is 6.53. The van der Waals surface area contributed by atoms with Crippen LogP contribution in [0.4, 0.5) is 10.1 Å². The Balaban J connectivity index is 1.87. The molecule has 1 aliphatic heterocycles. The maximum Gasteiger partial charge on any atom is 0.147 e. The van der Waals surface area contributed by atoms with Gasteiger partial charge in [-0.1, -0.05) is 22.4 Å². The molecule has 1 aromatic carbocycles. The summed E-state index contributed by atoms with van der Waals surface area (Å²) < 4.78 is 14.5. The van der Waals surface area contributed by atoms with Gasteiger partial charge in [0.15, 0.2) is 0 Å². The molecule has 100 valence electrons. The normalized spacial score (nSPS) is 21.6. The highest BCUT2D eigenvalue weighted by atomic mass is 79.9. The fourth-order valence-corrected chi connectivity index (χ4v) is 2.82. The molecule has 2 nitrogen and oxygen atoms in total. The van der Waals surface area contributed by atoms with E-state index in [0.717, 1.165) is 17.4 Å². The topological polar surface area (TPSA) is 24.1 Å². The van der Waals surface area contributed by atoms with E-state index in [1.807, 2.05) is 6.07 Å². The molecular formula is C14H20BrFN2. The molecule has 2 N–H and O–H groups in total. The summed E-state index contributed by atoms with van der Waals surface area (Å²) >= 11 is 3.26. The maximum atomic E-state index is 13.7. The minimum atomic E-state index is -0.201. The predicted molar refractivity (Wildman–Crippen MR) is 77.4 cm³/mol.